The molecule has 0 aromatic rings. The molecule has 1 rings (SSSR count). The first kappa shape index (κ1) is 12.3. The van der Waals surface area contributed by atoms with Crippen LogP contribution in [0.3, 0.4) is 0 Å². The Bertz CT molecular complexity index is 305. The Kier molecular flexibility index (Phi) is 4.10. The molecule has 0 unspecified atom stereocenters. The number of carbonyl (C=O) groups is 3. The van der Waals surface area contributed by atoms with Gasteiger partial charge in [0.25, 0.3) is 0 Å². The summed E-state index contributed by atoms with van der Waals surface area (Å²) < 4.78 is 0. The average molecular weight is 229 g/mol. The molecule has 1 fully saturated rings. The highest BCUT2D eigenvalue weighted by atomic mass is 16.4. The SMILES string of the molecule is C[C@@H](NC(=O)N1CCNC(=O)CC1)C(=O)O. The first-order valence-corrected chi connectivity index (χ1v) is 5.05. The van der Waals surface area contributed by atoms with E-state index in [2.05, 4.69) is 10.6 Å². The maximum Gasteiger partial charge on any atom is 0.325 e. The summed E-state index contributed by atoms with van der Waals surface area (Å²) >= 11 is 0. The van der Waals surface area contributed by atoms with E-state index in [0.717, 1.165) is 0 Å². The van der Waals surface area contributed by atoms with Crippen molar-refractivity contribution in [1.82, 2.24) is 15.5 Å². The number of aliphatic carboxylic acids is 1. The number of carbonyl (C=O) groups excluding carboxylic acids is 2. The molecule has 0 saturated carbocycles. The van der Waals surface area contributed by atoms with Crippen molar-refractivity contribution in [2.24, 2.45) is 0 Å². The van der Waals surface area contributed by atoms with Crippen molar-refractivity contribution < 1.29 is 19.5 Å². The van der Waals surface area contributed by atoms with Crippen molar-refractivity contribution in [1.29, 1.82) is 0 Å². The number of nitrogens with zero attached hydrogens (tertiary/aromatic N) is 1. The number of hydrogen-bond donors (Lipinski definition) is 3. The highest BCUT2D eigenvalue weighted by Gasteiger charge is 2.21. The minimum absolute atomic E-state index is 0.0958. The monoisotopic (exact) mass is 229 g/mol. The standard InChI is InChI=1S/C9H15N3O4/c1-6(8(14)15)11-9(16)12-4-2-7(13)10-3-5-12/h6H,2-5H2,1H3,(H,10,13)(H,11,16)(H,14,15)/t6-/m1/s1. The van der Waals surface area contributed by atoms with E-state index in [1.54, 1.807) is 0 Å². The molecule has 3 amide bonds. The van der Waals surface area contributed by atoms with Gasteiger partial charge in [-0.15, -0.1) is 0 Å². The summed E-state index contributed by atoms with van der Waals surface area (Å²) in [6.07, 6.45) is 0.245. The van der Waals surface area contributed by atoms with Gasteiger partial charge < -0.3 is 20.6 Å². The topological polar surface area (TPSA) is 98.7 Å². The molecule has 0 aliphatic carbocycles. The summed E-state index contributed by atoms with van der Waals surface area (Å²) in [6, 6.07) is -1.38. The van der Waals surface area contributed by atoms with Crippen LogP contribution in [0.2, 0.25) is 0 Å². The normalized spacial score (nSPS) is 18.3. The van der Waals surface area contributed by atoms with Crippen molar-refractivity contribution >= 4 is 17.9 Å². The molecule has 1 saturated heterocycles. The van der Waals surface area contributed by atoms with E-state index in [1.165, 1.54) is 11.8 Å². The summed E-state index contributed by atoms with van der Waals surface area (Å²) in [4.78, 5) is 34.6. The fourth-order valence-corrected chi connectivity index (χ4v) is 1.31. The molecule has 1 heterocycles. The fraction of sp³-hybridized carbons (Fsp3) is 0.667. The first-order valence-electron chi connectivity index (χ1n) is 5.05. The lowest BCUT2D eigenvalue weighted by atomic mass is 10.3. The van der Waals surface area contributed by atoms with Crippen LogP contribution in [0, 0.1) is 0 Å². The predicted octanol–water partition coefficient (Wildman–Crippen LogP) is -1.01. The minimum Gasteiger partial charge on any atom is -0.480 e. The van der Waals surface area contributed by atoms with Crippen LogP contribution in [-0.4, -0.2) is 53.6 Å². The van der Waals surface area contributed by atoms with E-state index < -0.39 is 18.0 Å². The molecule has 0 bridgehead atoms. The van der Waals surface area contributed by atoms with Crippen molar-refractivity contribution in [3.63, 3.8) is 0 Å². The predicted molar refractivity (Wildman–Crippen MR) is 54.8 cm³/mol. The highest BCUT2D eigenvalue weighted by Crippen LogP contribution is 1.97. The molecular weight excluding hydrogens is 214 g/mol. The third-order valence-corrected chi connectivity index (χ3v) is 2.31. The fourth-order valence-electron chi connectivity index (χ4n) is 1.31. The van der Waals surface area contributed by atoms with Crippen molar-refractivity contribution in [2.45, 2.75) is 19.4 Å². The van der Waals surface area contributed by atoms with Crippen LogP contribution in [0.15, 0.2) is 0 Å². The minimum atomic E-state index is -1.09. The lowest BCUT2D eigenvalue weighted by Crippen LogP contribution is -2.47. The maximum absolute atomic E-state index is 11.6. The Labute approximate surface area is 92.8 Å². The molecule has 7 heteroatoms. The van der Waals surface area contributed by atoms with E-state index in [1.807, 2.05) is 0 Å². The number of hydrogen-bond acceptors (Lipinski definition) is 3. The van der Waals surface area contributed by atoms with Crippen molar-refractivity contribution in [3.05, 3.63) is 0 Å². The zero-order valence-corrected chi connectivity index (χ0v) is 9.02. The zero-order chi connectivity index (χ0) is 12.1. The molecule has 1 aliphatic heterocycles. The van der Waals surface area contributed by atoms with Crippen LogP contribution < -0.4 is 10.6 Å². The van der Waals surface area contributed by atoms with Gasteiger partial charge in [0.2, 0.25) is 5.91 Å². The Morgan fingerprint density at radius 3 is 2.81 bits per heavy atom. The Hall–Kier alpha value is -1.79. The van der Waals surface area contributed by atoms with Crippen LogP contribution in [0.5, 0.6) is 0 Å². The molecule has 1 aliphatic rings. The van der Waals surface area contributed by atoms with Gasteiger partial charge in [0.1, 0.15) is 6.04 Å². The smallest absolute Gasteiger partial charge is 0.325 e. The third-order valence-electron chi connectivity index (χ3n) is 2.31. The maximum atomic E-state index is 11.6. The lowest BCUT2D eigenvalue weighted by Gasteiger charge is -2.21. The Morgan fingerprint density at radius 1 is 1.50 bits per heavy atom. The second-order valence-corrected chi connectivity index (χ2v) is 3.60. The lowest BCUT2D eigenvalue weighted by molar-refractivity contribution is -0.138. The van der Waals surface area contributed by atoms with Crippen LogP contribution in [-0.2, 0) is 9.59 Å². The second kappa shape index (κ2) is 5.34. The number of carboxylic acids is 1. The van der Waals surface area contributed by atoms with E-state index in [0.29, 0.717) is 19.6 Å². The van der Waals surface area contributed by atoms with E-state index in [4.69, 9.17) is 5.11 Å². The van der Waals surface area contributed by atoms with Crippen LogP contribution in [0.25, 0.3) is 0 Å². The van der Waals surface area contributed by atoms with Gasteiger partial charge in [0.15, 0.2) is 0 Å². The number of urea groups is 1. The summed E-state index contributed by atoms with van der Waals surface area (Å²) in [6.45, 7) is 2.49. The molecule has 0 aromatic carbocycles. The largest absolute Gasteiger partial charge is 0.480 e. The van der Waals surface area contributed by atoms with Gasteiger partial charge in [-0.2, -0.15) is 0 Å². The van der Waals surface area contributed by atoms with Crippen molar-refractivity contribution in [2.75, 3.05) is 19.6 Å². The molecule has 0 aromatic heterocycles. The van der Waals surface area contributed by atoms with Gasteiger partial charge >= 0.3 is 12.0 Å². The molecule has 1 atom stereocenters. The highest BCUT2D eigenvalue weighted by molar-refractivity contribution is 5.83. The van der Waals surface area contributed by atoms with Crippen LogP contribution in [0.1, 0.15) is 13.3 Å². The first-order chi connectivity index (χ1) is 7.50. The third kappa shape index (κ3) is 3.41. The molecule has 0 radical (unpaired) electrons. The van der Waals surface area contributed by atoms with Gasteiger partial charge in [-0.05, 0) is 6.92 Å². The molecule has 16 heavy (non-hydrogen) atoms. The number of carboxylic acid groups (broad SMARTS) is 1. The summed E-state index contributed by atoms with van der Waals surface area (Å²) in [7, 11) is 0. The van der Waals surface area contributed by atoms with Crippen LogP contribution in [0.4, 0.5) is 4.79 Å². The van der Waals surface area contributed by atoms with Crippen LogP contribution >= 0.6 is 0 Å². The summed E-state index contributed by atoms with van der Waals surface area (Å²) in [5, 5.41) is 13.6. The summed E-state index contributed by atoms with van der Waals surface area (Å²) in [5.74, 6) is -1.18. The number of nitrogens with one attached hydrogen (secondary N) is 2. The van der Waals surface area contributed by atoms with E-state index in [-0.39, 0.29) is 12.3 Å². The molecular formula is C9H15N3O4. The van der Waals surface area contributed by atoms with E-state index >= 15 is 0 Å². The molecule has 90 valence electrons. The number of amides is 3. The van der Waals surface area contributed by atoms with Gasteiger partial charge in [0, 0.05) is 26.1 Å². The quantitative estimate of drug-likeness (QED) is 0.565. The van der Waals surface area contributed by atoms with Gasteiger partial charge in [-0.1, -0.05) is 0 Å². The molecule has 0 spiro atoms. The van der Waals surface area contributed by atoms with E-state index in [9.17, 15) is 14.4 Å². The molecule has 7 nitrogen and oxygen atoms in total. The Balaban J connectivity index is 2.47. The number of rotatable bonds is 2. The molecule has 3 N–H and O–H groups in total. The summed E-state index contributed by atoms with van der Waals surface area (Å²) in [5.41, 5.74) is 0. The second-order valence-electron chi connectivity index (χ2n) is 3.60. The van der Waals surface area contributed by atoms with Gasteiger partial charge in [0.05, 0.1) is 0 Å². The zero-order valence-electron chi connectivity index (χ0n) is 9.02. The Morgan fingerprint density at radius 2 is 2.19 bits per heavy atom. The van der Waals surface area contributed by atoms with Gasteiger partial charge in [-0.25, -0.2) is 4.79 Å². The average Bonchev–Trinajstić information content (AvgIpc) is 2.42. The van der Waals surface area contributed by atoms with Gasteiger partial charge in [-0.3, -0.25) is 9.59 Å². The van der Waals surface area contributed by atoms with Crippen molar-refractivity contribution in [3.8, 4) is 0 Å².